The van der Waals surface area contributed by atoms with Crippen molar-refractivity contribution in [3.8, 4) is 0 Å². The van der Waals surface area contributed by atoms with Gasteiger partial charge in [-0.25, -0.2) is 0 Å². The molecule has 0 aliphatic carbocycles. The predicted octanol–water partition coefficient (Wildman–Crippen LogP) is 1.28. The summed E-state index contributed by atoms with van der Waals surface area (Å²) in [6.07, 6.45) is 0.710. The lowest BCUT2D eigenvalue weighted by Crippen LogP contribution is -2.42. The second kappa shape index (κ2) is 9.85. The number of hydrogen-bond acceptors (Lipinski definition) is 4. The van der Waals surface area contributed by atoms with E-state index in [1.54, 1.807) is 0 Å². The van der Waals surface area contributed by atoms with Gasteiger partial charge in [-0.15, -0.1) is 0 Å². The van der Waals surface area contributed by atoms with Crippen molar-refractivity contribution in [2.45, 2.75) is 18.5 Å². The third kappa shape index (κ3) is 5.64. The summed E-state index contributed by atoms with van der Waals surface area (Å²) in [6.45, 7) is 1.52. The number of rotatable bonds is 2. The van der Waals surface area contributed by atoms with Crippen LogP contribution in [0, 0.1) is 0 Å². The number of carbonyl (C=O) groups excluding carboxylic acids is 2. The molecular weight excluding hydrogens is 340 g/mol. The highest BCUT2D eigenvalue weighted by Gasteiger charge is 2.25. The van der Waals surface area contributed by atoms with Crippen molar-refractivity contribution in [2.75, 3.05) is 26.2 Å². The van der Waals surface area contributed by atoms with Crippen LogP contribution in [-0.2, 0) is 9.59 Å². The molecule has 2 aromatic rings. The number of hydrogen-bond donors (Lipinski definition) is 4. The van der Waals surface area contributed by atoms with E-state index in [9.17, 15) is 9.59 Å². The lowest BCUT2D eigenvalue weighted by molar-refractivity contribution is -0.121. The molecule has 1 aliphatic heterocycles. The SMILES string of the molecule is O=C1CN[C@H](c2ccccc2)[C@H](c2ccccc2)NCC(=O)NCCCN1. The van der Waals surface area contributed by atoms with Gasteiger partial charge in [0.15, 0.2) is 0 Å². The Morgan fingerprint density at radius 2 is 1.04 bits per heavy atom. The standard InChI is InChI=1S/C21H26N4O2/c26-18-14-24-20(16-8-3-1-4-9-16)21(17-10-5-2-6-11-17)25-15-19(27)23-13-7-12-22-18/h1-6,8-11,20-21,24-25H,7,12-15H2,(H,22,26)(H,23,27)/t20-,21+. The first-order valence-electron chi connectivity index (χ1n) is 9.34. The topological polar surface area (TPSA) is 82.3 Å². The van der Waals surface area contributed by atoms with E-state index >= 15 is 0 Å². The van der Waals surface area contributed by atoms with E-state index in [1.165, 1.54) is 0 Å². The highest BCUT2D eigenvalue weighted by atomic mass is 16.2. The second-order valence-corrected chi connectivity index (χ2v) is 6.59. The van der Waals surface area contributed by atoms with Crippen molar-refractivity contribution >= 4 is 11.8 Å². The van der Waals surface area contributed by atoms with Gasteiger partial charge in [0.1, 0.15) is 0 Å². The molecule has 3 rings (SSSR count). The maximum absolute atomic E-state index is 12.2. The third-order valence-corrected chi connectivity index (χ3v) is 4.61. The molecule has 0 spiro atoms. The molecule has 27 heavy (non-hydrogen) atoms. The highest BCUT2D eigenvalue weighted by Crippen LogP contribution is 2.28. The Labute approximate surface area is 159 Å². The Kier molecular flexibility index (Phi) is 6.96. The molecule has 2 atom stereocenters. The molecule has 142 valence electrons. The zero-order valence-corrected chi connectivity index (χ0v) is 15.3. The third-order valence-electron chi connectivity index (χ3n) is 4.61. The molecule has 0 saturated carbocycles. The maximum Gasteiger partial charge on any atom is 0.233 e. The maximum atomic E-state index is 12.2. The van der Waals surface area contributed by atoms with Crippen LogP contribution in [0.15, 0.2) is 60.7 Å². The molecule has 2 aromatic carbocycles. The molecule has 0 unspecified atom stereocenters. The average Bonchev–Trinajstić information content (AvgIpc) is 2.72. The number of benzene rings is 2. The zero-order chi connectivity index (χ0) is 18.9. The van der Waals surface area contributed by atoms with Gasteiger partial charge in [-0.2, -0.15) is 0 Å². The van der Waals surface area contributed by atoms with Crippen LogP contribution in [0.5, 0.6) is 0 Å². The van der Waals surface area contributed by atoms with Gasteiger partial charge < -0.3 is 10.6 Å². The summed E-state index contributed by atoms with van der Waals surface area (Å²) in [7, 11) is 0. The van der Waals surface area contributed by atoms with Crippen LogP contribution in [0.25, 0.3) is 0 Å². The van der Waals surface area contributed by atoms with Gasteiger partial charge in [-0.1, -0.05) is 60.7 Å². The number of nitrogens with one attached hydrogen (secondary N) is 4. The van der Waals surface area contributed by atoms with E-state index < -0.39 is 0 Å². The fraction of sp³-hybridized carbons (Fsp3) is 0.333. The van der Waals surface area contributed by atoms with Crippen molar-refractivity contribution in [2.24, 2.45) is 0 Å². The van der Waals surface area contributed by atoms with Crippen molar-refractivity contribution in [1.82, 2.24) is 21.3 Å². The molecule has 6 nitrogen and oxygen atoms in total. The zero-order valence-electron chi connectivity index (χ0n) is 15.3. The largest absolute Gasteiger partial charge is 0.355 e. The molecule has 4 N–H and O–H groups in total. The summed E-state index contributed by atoms with van der Waals surface area (Å²) < 4.78 is 0. The van der Waals surface area contributed by atoms with E-state index in [-0.39, 0.29) is 37.0 Å². The van der Waals surface area contributed by atoms with Crippen molar-refractivity contribution < 1.29 is 9.59 Å². The van der Waals surface area contributed by atoms with Gasteiger partial charge in [0.25, 0.3) is 0 Å². The molecular formula is C21H26N4O2. The van der Waals surface area contributed by atoms with E-state index in [4.69, 9.17) is 0 Å². The average molecular weight is 366 g/mol. The van der Waals surface area contributed by atoms with Gasteiger partial charge >= 0.3 is 0 Å². The van der Waals surface area contributed by atoms with Crippen LogP contribution >= 0.6 is 0 Å². The summed E-state index contributed by atoms with van der Waals surface area (Å²) >= 11 is 0. The van der Waals surface area contributed by atoms with Gasteiger partial charge in [-0.3, -0.25) is 20.2 Å². The van der Waals surface area contributed by atoms with Crippen LogP contribution in [0.3, 0.4) is 0 Å². The number of amides is 2. The molecule has 1 aliphatic rings. The van der Waals surface area contributed by atoms with Crippen LogP contribution in [0.1, 0.15) is 29.6 Å². The quantitative estimate of drug-likeness (QED) is 0.645. The van der Waals surface area contributed by atoms with E-state index in [2.05, 4.69) is 21.3 Å². The monoisotopic (exact) mass is 366 g/mol. The minimum absolute atomic E-state index is 0.0479. The molecule has 1 heterocycles. The van der Waals surface area contributed by atoms with Gasteiger partial charge in [-0.05, 0) is 17.5 Å². The second-order valence-electron chi connectivity index (χ2n) is 6.59. The summed E-state index contributed by atoms with van der Waals surface area (Å²) in [6, 6.07) is 19.7. The van der Waals surface area contributed by atoms with Gasteiger partial charge in [0.05, 0.1) is 25.2 Å². The Morgan fingerprint density at radius 3 is 1.44 bits per heavy atom. The smallest absolute Gasteiger partial charge is 0.233 e. The van der Waals surface area contributed by atoms with E-state index in [0.29, 0.717) is 19.5 Å². The normalized spacial score (nSPS) is 22.5. The Bertz CT molecular complexity index is 673. The van der Waals surface area contributed by atoms with E-state index in [1.807, 2.05) is 60.7 Å². The first kappa shape index (κ1) is 19.1. The van der Waals surface area contributed by atoms with E-state index in [0.717, 1.165) is 11.1 Å². The molecule has 1 saturated heterocycles. The minimum Gasteiger partial charge on any atom is -0.355 e. The first-order valence-corrected chi connectivity index (χ1v) is 9.34. The molecule has 0 radical (unpaired) electrons. The van der Waals surface area contributed by atoms with Gasteiger partial charge in [0.2, 0.25) is 11.8 Å². The Morgan fingerprint density at radius 1 is 0.630 bits per heavy atom. The molecule has 1 fully saturated rings. The lowest BCUT2D eigenvalue weighted by atomic mass is 9.93. The van der Waals surface area contributed by atoms with Crippen LogP contribution < -0.4 is 21.3 Å². The molecule has 0 bridgehead atoms. The fourth-order valence-corrected chi connectivity index (χ4v) is 3.25. The van der Waals surface area contributed by atoms with Crippen LogP contribution in [0.2, 0.25) is 0 Å². The van der Waals surface area contributed by atoms with Crippen LogP contribution in [-0.4, -0.2) is 38.0 Å². The summed E-state index contributed by atoms with van der Waals surface area (Å²) in [5, 5.41) is 12.5. The highest BCUT2D eigenvalue weighted by molar-refractivity contribution is 5.78. The van der Waals surface area contributed by atoms with Gasteiger partial charge in [0, 0.05) is 13.1 Å². The van der Waals surface area contributed by atoms with Crippen molar-refractivity contribution in [1.29, 1.82) is 0 Å². The Hall–Kier alpha value is -2.70. The molecule has 6 heteroatoms. The fourth-order valence-electron chi connectivity index (χ4n) is 3.25. The minimum atomic E-state index is -0.159. The summed E-state index contributed by atoms with van der Waals surface area (Å²) in [5.41, 5.74) is 2.11. The lowest BCUT2D eigenvalue weighted by Gasteiger charge is -2.30. The molecule has 2 amide bonds. The Balaban J connectivity index is 1.92. The summed E-state index contributed by atoms with van der Waals surface area (Å²) in [5.74, 6) is -0.0957. The van der Waals surface area contributed by atoms with Crippen molar-refractivity contribution in [3.05, 3.63) is 71.8 Å². The molecule has 0 aromatic heterocycles. The van der Waals surface area contributed by atoms with Crippen LogP contribution in [0.4, 0.5) is 0 Å². The summed E-state index contributed by atoms with van der Waals surface area (Å²) in [4.78, 5) is 24.4. The number of carbonyl (C=O) groups is 2. The predicted molar refractivity (Wildman–Crippen MR) is 105 cm³/mol. The van der Waals surface area contributed by atoms with Crippen molar-refractivity contribution in [3.63, 3.8) is 0 Å². The first-order chi connectivity index (χ1) is 13.2.